The molecule has 0 saturated heterocycles. The van der Waals surface area contributed by atoms with Crippen molar-refractivity contribution in [1.29, 1.82) is 0 Å². The van der Waals surface area contributed by atoms with E-state index in [0.29, 0.717) is 32.3 Å². The van der Waals surface area contributed by atoms with Gasteiger partial charge in [0.25, 0.3) is 5.91 Å². The first-order valence-electron chi connectivity index (χ1n) is 6.13. The summed E-state index contributed by atoms with van der Waals surface area (Å²) in [7, 11) is 1.71. The molecule has 0 unspecified atom stereocenters. The smallest absolute Gasteiger partial charge is 0.255 e. The van der Waals surface area contributed by atoms with Gasteiger partial charge in [0.05, 0.1) is 5.56 Å². The quantitative estimate of drug-likeness (QED) is 0.781. The summed E-state index contributed by atoms with van der Waals surface area (Å²) in [6, 6.07) is 10.3. The normalized spacial score (nSPS) is 10.5. The lowest BCUT2D eigenvalue weighted by atomic mass is 10.1. The van der Waals surface area contributed by atoms with Gasteiger partial charge < -0.3 is 10.6 Å². The second-order valence-corrected chi connectivity index (χ2v) is 6.33. The highest BCUT2D eigenvalue weighted by molar-refractivity contribution is 9.10. The Morgan fingerprint density at radius 2 is 1.95 bits per heavy atom. The van der Waals surface area contributed by atoms with Crippen LogP contribution in [0, 0.1) is 0 Å². The second kappa shape index (κ2) is 6.69. The van der Waals surface area contributed by atoms with Crippen LogP contribution < -0.4 is 5.73 Å². The maximum atomic E-state index is 12.5. The molecule has 2 rings (SSSR count). The van der Waals surface area contributed by atoms with Gasteiger partial charge in [-0.2, -0.15) is 0 Å². The molecular weight excluding hydrogens is 375 g/mol. The molecule has 0 heterocycles. The highest BCUT2D eigenvalue weighted by Gasteiger charge is 2.16. The van der Waals surface area contributed by atoms with Crippen LogP contribution >= 0.6 is 39.1 Å². The molecule has 1 amide bonds. The average Bonchev–Trinajstić information content (AvgIpc) is 2.42. The number of nitrogen functional groups attached to an aromatic ring is 1. The Kier molecular flexibility index (Phi) is 5.14. The third-order valence-electron chi connectivity index (χ3n) is 2.99. The summed E-state index contributed by atoms with van der Waals surface area (Å²) in [6.07, 6.45) is 0. The molecule has 0 aromatic heterocycles. The Labute approximate surface area is 141 Å². The SMILES string of the molecule is CN(Cc1cc(N)ccc1Cl)C(=O)c1ccc(Cl)cc1Br. The fourth-order valence-corrected chi connectivity index (χ4v) is 2.94. The van der Waals surface area contributed by atoms with Crippen molar-refractivity contribution in [3.05, 3.63) is 62.0 Å². The van der Waals surface area contributed by atoms with E-state index in [9.17, 15) is 4.79 Å². The Hall–Kier alpha value is -1.23. The molecule has 0 bridgehead atoms. The van der Waals surface area contributed by atoms with Crippen LogP contribution in [-0.4, -0.2) is 17.9 Å². The molecule has 110 valence electrons. The van der Waals surface area contributed by atoms with Gasteiger partial charge in [-0.15, -0.1) is 0 Å². The van der Waals surface area contributed by atoms with Crippen LogP contribution in [0.4, 0.5) is 5.69 Å². The fourth-order valence-electron chi connectivity index (χ4n) is 1.91. The van der Waals surface area contributed by atoms with Crippen molar-refractivity contribution >= 4 is 50.7 Å². The number of amides is 1. The zero-order chi connectivity index (χ0) is 15.6. The molecule has 21 heavy (non-hydrogen) atoms. The number of benzene rings is 2. The van der Waals surface area contributed by atoms with E-state index < -0.39 is 0 Å². The van der Waals surface area contributed by atoms with Crippen LogP contribution in [0.5, 0.6) is 0 Å². The van der Waals surface area contributed by atoms with Crippen LogP contribution in [0.3, 0.4) is 0 Å². The molecule has 2 aromatic rings. The largest absolute Gasteiger partial charge is 0.399 e. The number of rotatable bonds is 3. The Bertz CT molecular complexity index is 691. The number of carbonyl (C=O) groups excluding carboxylic acids is 1. The monoisotopic (exact) mass is 386 g/mol. The number of nitrogens with zero attached hydrogens (tertiary/aromatic N) is 1. The van der Waals surface area contributed by atoms with Gasteiger partial charge in [0, 0.05) is 33.8 Å². The summed E-state index contributed by atoms with van der Waals surface area (Å²) in [4.78, 5) is 14.0. The standard InChI is InChI=1S/C15H13BrCl2N2O/c1-20(8-9-6-11(19)3-5-14(9)18)15(21)12-4-2-10(17)7-13(12)16/h2-7H,8,19H2,1H3. The molecule has 0 radical (unpaired) electrons. The van der Waals surface area contributed by atoms with Gasteiger partial charge in [-0.1, -0.05) is 23.2 Å². The van der Waals surface area contributed by atoms with Gasteiger partial charge in [0.1, 0.15) is 0 Å². The van der Waals surface area contributed by atoms with Crippen molar-refractivity contribution in [1.82, 2.24) is 4.90 Å². The van der Waals surface area contributed by atoms with Crippen LogP contribution in [0.2, 0.25) is 10.0 Å². The summed E-state index contributed by atoms with van der Waals surface area (Å²) >= 11 is 15.4. The maximum Gasteiger partial charge on any atom is 0.255 e. The molecule has 3 nitrogen and oxygen atoms in total. The number of hydrogen-bond donors (Lipinski definition) is 1. The van der Waals surface area contributed by atoms with Crippen molar-refractivity contribution in [3.63, 3.8) is 0 Å². The summed E-state index contributed by atoms with van der Waals surface area (Å²) < 4.78 is 0.658. The van der Waals surface area contributed by atoms with E-state index in [1.165, 1.54) is 0 Å². The van der Waals surface area contributed by atoms with Gasteiger partial charge in [-0.25, -0.2) is 0 Å². The third kappa shape index (κ3) is 3.90. The second-order valence-electron chi connectivity index (χ2n) is 4.64. The van der Waals surface area contributed by atoms with E-state index in [0.717, 1.165) is 5.56 Å². The maximum absolute atomic E-state index is 12.5. The van der Waals surface area contributed by atoms with Crippen LogP contribution in [0.15, 0.2) is 40.9 Å². The van der Waals surface area contributed by atoms with E-state index in [2.05, 4.69) is 15.9 Å². The van der Waals surface area contributed by atoms with Crippen LogP contribution in [-0.2, 0) is 6.54 Å². The van der Waals surface area contributed by atoms with E-state index in [4.69, 9.17) is 28.9 Å². The molecule has 0 aliphatic rings. The molecule has 2 aromatic carbocycles. The van der Waals surface area contributed by atoms with Crippen LogP contribution in [0.25, 0.3) is 0 Å². The number of anilines is 1. The van der Waals surface area contributed by atoms with Gasteiger partial charge in [0.2, 0.25) is 0 Å². The van der Waals surface area contributed by atoms with E-state index >= 15 is 0 Å². The zero-order valence-corrected chi connectivity index (χ0v) is 14.3. The summed E-state index contributed by atoms with van der Waals surface area (Å²) in [5.41, 5.74) is 7.71. The molecule has 0 aliphatic carbocycles. The van der Waals surface area contributed by atoms with E-state index in [-0.39, 0.29) is 5.91 Å². The average molecular weight is 388 g/mol. The first kappa shape index (κ1) is 16.1. The van der Waals surface area contributed by atoms with E-state index in [1.54, 1.807) is 48.3 Å². The molecule has 0 atom stereocenters. The minimum absolute atomic E-state index is 0.128. The number of halogens is 3. The number of nitrogens with two attached hydrogens (primary N) is 1. The Morgan fingerprint density at radius 1 is 1.24 bits per heavy atom. The van der Waals surface area contributed by atoms with Gasteiger partial charge >= 0.3 is 0 Å². The summed E-state index contributed by atoms with van der Waals surface area (Å²) in [6.45, 7) is 0.373. The summed E-state index contributed by atoms with van der Waals surface area (Å²) in [5, 5.41) is 1.15. The molecular formula is C15H13BrCl2N2O. The fraction of sp³-hybridized carbons (Fsp3) is 0.133. The summed E-state index contributed by atoms with van der Waals surface area (Å²) in [5.74, 6) is -0.128. The van der Waals surface area contributed by atoms with Crippen molar-refractivity contribution in [2.24, 2.45) is 0 Å². The topological polar surface area (TPSA) is 46.3 Å². The van der Waals surface area contributed by atoms with Crippen molar-refractivity contribution in [2.45, 2.75) is 6.54 Å². The first-order valence-corrected chi connectivity index (χ1v) is 7.68. The van der Waals surface area contributed by atoms with E-state index in [1.807, 2.05) is 0 Å². The minimum Gasteiger partial charge on any atom is -0.399 e. The molecule has 0 fully saturated rings. The molecule has 0 saturated carbocycles. The Balaban J connectivity index is 2.21. The number of carbonyl (C=O) groups is 1. The highest BCUT2D eigenvalue weighted by atomic mass is 79.9. The zero-order valence-electron chi connectivity index (χ0n) is 11.2. The predicted octanol–water partition coefficient (Wildman–Crippen LogP) is 4.61. The van der Waals surface area contributed by atoms with Gasteiger partial charge in [0.15, 0.2) is 0 Å². The molecule has 2 N–H and O–H groups in total. The lowest BCUT2D eigenvalue weighted by molar-refractivity contribution is 0.0784. The van der Waals surface area contributed by atoms with Crippen molar-refractivity contribution < 1.29 is 4.79 Å². The lowest BCUT2D eigenvalue weighted by Gasteiger charge is -2.19. The van der Waals surface area contributed by atoms with Crippen molar-refractivity contribution in [2.75, 3.05) is 12.8 Å². The minimum atomic E-state index is -0.128. The molecule has 0 spiro atoms. The lowest BCUT2D eigenvalue weighted by Crippen LogP contribution is -2.26. The molecule has 0 aliphatic heterocycles. The van der Waals surface area contributed by atoms with Gasteiger partial charge in [-0.3, -0.25) is 4.79 Å². The molecule has 6 heteroatoms. The highest BCUT2D eigenvalue weighted by Crippen LogP contribution is 2.24. The Morgan fingerprint density at radius 3 is 2.62 bits per heavy atom. The first-order chi connectivity index (χ1) is 9.88. The number of hydrogen-bond acceptors (Lipinski definition) is 2. The van der Waals surface area contributed by atoms with Crippen LogP contribution in [0.1, 0.15) is 15.9 Å². The predicted molar refractivity (Wildman–Crippen MR) is 90.8 cm³/mol. The third-order valence-corrected chi connectivity index (χ3v) is 4.25. The van der Waals surface area contributed by atoms with Gasteiger partial charge in [-0.05, 0) is 57.9 Å². The van der Waals surface area contributed by atoms with Crippen molar-refractivity contribution in [3.8, 4) is 0 Å².